The van der Waals surface area contributed by atoms with Crippen LogP contribution in [0.15, 0.2) is 83.1 Å². The fourth-order valence-electron chi connectivity index (χ4n) is 3.05. The maximum absolute atomic E-state index is 12.3. The Morgan fingerprint density at radius 2 is 1.85 bits per heavy atom. The van der Waals surface area contributed by atoms with E-state index in [1.54, 1.807) is 43.5 Å². The van der Waals surface area contributed by atoms with E-state index in [1.807, 2.05) is 41.0 Å². The number of halogens is 1. The van der Waals surface area contributed by atoms with Crippen molar-refractivity contribution in [1.82, 2.24) is 20.2 Å². The fourth-order valence-corrected chi connectivity index (χ4v) is 3.92. The van der Waals surface area contributed by atoms with Crippen molar-refractivity contribution in [3.05, 3.63) is 83.4 Å². The van der Waals surface area contributed by atoms with Gasteiger partial charge in [0.2, 0.25) is 0 Å². The number of hydrogen-bond donors (Lipinski definition) is 2. The van der Waals surface area contributed by atoms with Gasteiger partial charge < -0.3 is 9.84 Å². The Balaban J connectivity index is 1.53. The molecule has 8 nitrogen and oxygen atoms in total. The number of ether oxygens (including phenoxy) is 1. The van der Waals surface area contributed by atoms with E-state index in [0.717, 1.165) is 17.0 Å². The van der Waals surface area contributed by atoms with Gasteiger partial charge in [0.05, 0.1) is 19.1 Å². The molecule has 0 bridgehead atoms. The van der Waals surface area contributed by atoms with E-state index in [-0.39, 0.29) is 17.4 Å². The van der Waals surface area contributed by atoms with Crippen LogP contribution in [0, 0.1) is 0 Å². The summed E-state index contributed by atoms with van der Waals surface area (Å²) in [4.78, 5) is 12.3. The Morgan fingerprint density at radius 1 is 1.12 bits per heavy atom. The predicted molar refractivity (Wildman–Crippen MR) is 133 cm³/mol. The number of amides is 1. The van der Waals surface area contributed by atoms with Crippen molar-refractivity contribution in [2.45, 2.75) is 5.16 Å². The molecule has 10 heteroatoms. The van der Waals surface area contributed by atoms with E-state index in [2.05, 4.69) is 20.7 Å². The first kappa shape index (κ1) is 23.3. The standard InChI is InChI=1S/C24H20ClN5O3S/c1-33-20-12-6-16(7-13-20)23-28-29-24(30(23)19-10-8-18(25)9-11-19)34-15-22(32)27-26-14-17-4-2-3-5-21(17)31/h2-14,31H,15H2,1H3,(H,27,32). The van der Waals surface area contributed by atoms with Crippen LogP contribution in [0.3, 0.4) is 0 Å². The summed E-state index contributed by atoms with van der Waals surface area (Å²) >= 11 is 7.29. The third-order valence-corrected chi connectivity index (χ3v) is 5.91. The van der Waals surface area contributed by atoms with Gasteiger partial charge in [0, 0.05) is 21.8 Å². The molecule has 4 rings (SSSR count). The molecule has 2 N–H and O–H groups in total. The molecule has 172 valence electrons. The molecule has 0 spiro atoms. The second kappa shape index (κ2) is 10.9. The van der Waals surface area contributed by atoms with Gasteiger partial charge in [0.25, 0.3) is 5.91 Å². The molecule has 0 saturated carbocycles. The Hall–Kier alpha value is -3.82. The molecular weight excluding hydrogens is 474 g/mol. The monoisotopic (exact) mass is 493 g/mol. The number of carbonyl (C=O) groups excluding carboxylic acids is 1. The van der Waals surface area contributed by atoms with Gasteiger partial charge in [-0.05, 0) is 60.7 Å². The van der Waals surface area contributed by atoms with Gasteiger partial charge in [-0.3, -0.25) is 9.36 Å². The van der Waals surface area contributed by atoms with Crippen LogP contribution in [0.25, 0.3) is 17.1 Å². The number of aromatic hydroxyl groups is 1. The van der Waals surface area contributed by atoms with Crippen LogP contribution in [0.5, 0.6) is 11.5 Å². The Bertz CT molecular complexity index is 1310. The minimum Gasteiger partial charge on any atom is -0.507 e. The second-order valence-electron chi connectivity index (χ2n) is 6.99. The SMILES string of the molecule is COc1ccc(-c2nnc(SCC(=O)NN=Cc3ccccc3O)n2-c2ccc(Cl)cc2)cc1. The topological polar surface area (TPSA) is 102 Å². The van der Waals surface area contributed by atoms with E-state index in [9.17, 15) is 9.90 Å². The molecule has 0 unspecified atom stereocenters. The summed E-state index contributed by atoms with van der Waals surface area (Å²) in [6.45, 7) is 0. The van der Waals surface area contributed by atoms with E-state index in [4.69, 9.17) is 16.3 Å². The third-order valence-electron chi connectivity index (χ3n) is 4.73. The lowest BCUT2D eigenvalue weighted by atomic mass is 10.2. The molecule has 0 saturated heterocycles. The smallest absolute Gasteiger partial charge is 0.250 e. The molecule has 0 aliphatic rings. The zero-order valence-electron chi connectivity index (χ0n) is 18.1. The first-order chi connectivity index (χ1) is 16.5. The Kier molecular flexibility index (Phi) is 7.46. The van der Waals surface area contributed by atoms with E-state index < -0.39 is 0 Å². The number of hydrogen-bond acceptors (Lipinski definition) is 7. The molecule has 0 radical (unpaired) electrons. The lowest BCUT2D eigenvalue weighted by Gasteiger charge is -2.11. The van der Waals surface area contributed by atoms with Gasteiger partial charge in [-0.15, -0.1) is 10.2 Å². The number of nitrogens with zero attached hydrogens (tertiary/aromatic N) is 4. The van der Waals surface area contributed by atoms with Crippen LogP contribution in [-0.2, 0) is 4.79 Å². The maximum atomic E-state index is 12.3. The number of phenolic OH excluding ortho intramolecular Hbond substituents is 1. The number of hydrazone groups is 1. The van der Waals surface area contributed by atoms with Crippen molar-refractivity contribution in [1.29, 1.82) is 0 Å². The minimum absolute atomic E-state index is 0.0620. The quantitative estimate of drug-likeness (QED) is 0.212. The fraction of sp³-hybridized carbons (Fsp3) is 0.0833. The number of nitrogens with one attached hydrogen (secondary N) is 1. The molecule has 1 aromatic heterocycles. The number of carbonyl (C=O) groups is 1. The van der Waals surface area contributed by atoms with Gasteiger partial charge >= 0.3 is 0 Å². The van der Waals surface area contributed by atoms with Gasteiger partial charge in [0.15, 0.2) is 11.0 Å². The van der Waals surface area contributed by atoms with Crippen molar-refractivity contribution >= 4 is 35.5 Å². The van der Waals surface area contributed by atoms with Crippen LogP contribution in [0.2, 0.25) is 5.02 Å². The molecule has 0 aliphatic heterocycles. The highest BCUT2D eigenvalue weighted by molar-refractivity contribution is 7.99. The van der Waals surface area contributed by atoms with Crippen molar-refractivity contribution in [2.75, 3.05) is 12.9 Å². The summed E-state index contributed by atoms with van der Waals surface area (Å²) in [5.41, 5.74) is 4.60. The van der Waals surface area contributed by atoms with E-state index in [1.165, 1.54) is 18.0 Å². The third kappa shape index (κ3) is 5.56. The molecule has 1 amide bonds. The zero-order chi connectivity index (χ0) is 23.9. The van der Waals surface area contributed by atoms with Crippen molar-refractivity contribution in [3.63, 3.8) is 0 Å². The van der Waals surface area contributed by atoms with Gasteiger partial charge in [-0.1, -0.05) is 35.5 Å². The Morgan fingerprint density at radius 3 is 2.56 bits per heavy atom. The number of rotatable bonds is 8. The average molecular weight is 494 g/mol. The van der Waals surface area contributed by atoms with Gasteiger partial charge in [-0.25, -0.2) is 5.43 Å². The highest BCUT2D eigenvalue weighted by atomic mass is 35.5. The molecule has 0 aliphatic carbocycles. The normalized spacial score (nSPS) is 11.0. The first-order valence-corrected chi connectivity index (χ1v) is 11.5. The summed E-state index contributed by atoms with van der Waals surface area (Å²) in [5.74, 6) is 1.17. The summed E-state index contributed by atoms with van der Waals surface area (Å²) in [6, 6.07) is 21.5. The maximum Gasteiger partial charge on any atom is 0.250 e. The number of phenols is 1. The van der Waals surface area contributed by atoms with Gasteiger partial charge in [0.1, 0.15) is 11.5 Å². The molecule has 4 aromatic rings. The largest absolute Gasteiger partial charge is 0.507 e. The highest BCUT2D eigenvalue weighted by Gasteiger charge is 2.17. The molecule has 0 fully saturated rings. The summed E-state index contributed by atoms with van der Waals surface area (Å²) in [6.07, 6.45) is 1.38. The summed E-state index contributed by atoms with van der Waals surface area (Å²) in [7, 11) is 1.61. The van der Waals surface area contributed by atoms with Crippen LogP contribution in [-0.4, -0.2) is 44.9 Å². The van der Waals surface area contributed by atoms with Crippen LogP contribution < -0.4 is 10.2 Å². The number of benzene rings is 3. The average Bonchev–Trinajstić information content (AvgIpc) is 3.28. The minimum atomic E-state index is -0.326. The van der Waals surface area contributed by atoms with Crippen LogP contribution in [0.4, 0.5) is 0 Å². The lowest BCUT2D eigenvalue weighted by Crippen LogP contribution is -2.20. The van der Waals surface area contributed by atoms with Crippen molar-refractivity contribution < 1.29 is 14.6 Å². The first-order valence-electron chi connectivity index (χ1n) is 10.1. The predicted octanol–water partition coefficient (Wildman–Crippen LogP) is 4.54. The van der Waals surface area contributed by atoms with Crippen molar-refractivity contribution in [2.24, 2.45) is 5.10 Å². The van der Waals surface area contributed by atoms with E-state index in [0.29, 0.717) is 21.6 Å². The Labute approximate surface area is 205 Å². The summed E-state index contributed by atoms with van der Waals surface area (Å²) < 4.78 is 7.10. The van der Waals surface area contributed by atoms with Crippen LogP contribution in [0.1, 0.15) is 5.56 Å². The second-order valence-corrected chi connectivity index (χ2v) is 8.37. The lowest BCUT2D eigenvalue weighted by molar-refractivity contribution is -0.118. The molecule has 3 aromatic carbocycles. The number of para-hydroxylation sites is 1. The number of methoxy groups -OCH3 is 1. The zero-order valence-corrected chi connectivity index (χ0v) is 19.6. The summed E-state index contributed by atoms with van der Waals surface area (Å²) in [5, 5.41) is 23.5. The van der Waals surface area contributed by atoms with Crippen molar-refractivity contribution in [3.8, 4) is 28.6 Å². The number of aromatic nitrogens is 3. The van der Waals surface area contributed by atoms with Gasteiger partial charge in [-0.2, -0.15) is 5.10 Å². The number of thioether (sulfide) groups is 1. The molecular formula is C24H20ClN5O3S. The molecule has 34 heavy (non-hydrogen) atoms. The van der Waals surface area contributed by atoms with Crippen LogP contribution >= 0.6 is 23.4 Å². The van der Waals surface area contributed by atoms with E-state index >= 15 is 0 Å². The highest BCUT2D eigenvalue weighted by Crippen LogP contribution is 2.29. The molecule has 1 heterocycles. The molecule has 0 atom stereocenters.